The first-order valence-electron chi connectivity index (χ1n) is 5.82. The lowest BCUT2D eigenvalue weighted by Gasteiger charge is -2.03. The van der Waals surface area contributed by atoms with Gasteiger partial charge in [-0.05, 0) is 6.07 Å². The van der Waals surface area contributed by atoms with E-state index in [2.05, 4.69) is 9.97 Å². The summed E-state index contributed by atoms with van der Waals surface area (Å²) in [6, 6.07) is 4.20. The van der Waals surface area contributed by atoms with Crippen LogP contribution in [-0.2, 0) is 6.42 Å². The fourth-order valence-electron chi connectivity index (χ4n) is 1.69. The van der Waals surface area contributed by atoms with Crippen LogP contribution in [0.15, 0.2) is 30.6 Å². The van der Waals surface area contributed by atoms with Crippen molar-refractivity contribution in [2.24, 2.45) is 0 Å². The number of methoxy groups -OCH3 is 1. The second kappa shape index (κ2) is 6.04. The molecule has 0 fully saturated rings. The molecule has 0 radical (unpaired) electrons. The van der Waals surface area contributed by atoms with Crippen LogP contribution >= 0.6 is 0 Å². The van der Waals surface area contributed by atoms with Gasteiger partial charge >= 0.3 is 0 Å². The molecule has 1 heterocycles. The molecule has 0 bridgehead atoms. The van der Waals surface area contributed by atoms with Crippen molar-refractivity contribution >= 4 is 11.5 Å². The number of nitrogens with zero attached hydrogens (tertiary/aromatic N) is 3. The maximum Gasteiger partial charge on any atom is 0.273 e. The number of ketones is 1. The van der Waals surface area contributed by atoms with Gasteiger partial charge in [0, 0.05) is 17.7 Å². The zero-order chi connectivity index (χ0) is 15.4. The predicted molar refractivity (Wildman–Crippen MR) is 69.7 cm³/mol. The van der Waals surface area contributed by atoms with Gasteiger partial charge in [-0.1, -0.05) is 0 Å². The van der Waals surface area contributed by atoms with Crippen LogP contribution in [0.25, 0.3) is 0 Å². The summed E-state index contributed by atoms with van der Waals surface area (Å²) in [7, 11) is 1.42. The summed E-state index contributed by atoms with van der Waals surface area (Å²) in [5.74, 6) is -1.04. The van der Waals surface area contributed by atoms with Crippen LogP contribution in [0, 0.1) is 15.9 Å². The first-order chi connectivity index (χ1) is 9.99. The molecule has 0 aliphatic heterocycles. The van der Waals surface area contributed by atoms with Crippen LogP contribution in [0.2, 0.25) is 0 Å². The Morgan fingerprint density at radius 2 is 2.10 bits per heavy atom. The first kappa shape index (κ1) is 14.5. The molecule has 1 aromatic carbocycles. The molecule has 0 amide bonds. The van der Waals surface area contributed by atoms with Gasteiger partial charge in [0.15, 0.2) is 5.78 Å². The Kier molecular flexibility index (Phi) is 4.17. The van der Waals surface area contributed by atoms with Crippen LogP contribution in [0.3, 0.4) is 0 Å². The van der Waals surface area contributed by atoms with E-state index in [9.17, 15) is 19.3 Å². The van der Waals surface area contributed by atoms with Crippen LogP contribution in [0.4, 0.5) is 10.1 Å². The third-order valence-electron chi connectivity index (χ3n) is 2.66. The maximum atomic E-state index is 13.3. The molecule has 0 spiro atoms. The van der Waals surface area contributed by atoms with Gasteiger partial charge in [-0.15, -0.1) is 0 Å². The lowest BCUT2D eigenvalue weighted by molar-refractivity contribution is -0.385. The number of aromatic nitrogens is 2. The van der Waals surface area contributed by atoms with Crippen LogP contribution in [0.5, 0.6) is 5.88 Å². The molecule has 0 N–H and O–H groups in total. The number of carbonyl (C=O) groups is 1. The number of non-ortho nitro benzene ring substituents is 1. The minimum Gasteiger partial charge on any atom is -0.481 e. The van der Waals surface area contributed by atoms with Crippen molar-refractivity contribution in [2.75, 3.05) is 7.11 Å². The number of rotatable bonds is 5. The van der Waals surface area contributed by atoms with E-state index in [1.807, 2.05) is 0 Å². The predicted octanol–water partition coefficient (Wildman–Crippen LogP) is 1.96. The normalized spacial score (nSPS) is 10.2. The van der Waals surface area contributed by atoms with E-state index in [0.29, 0.717) is 5.69 Å². The average molecular weight is 291 g/mol. The Balaban J connectivity index is 2.25. The van der Waals surface area contributed by atoms with E-state index >= 15 is 0 Å². The molecular weight excluding hydrogens is 281 g/mol. The number of hydrogen-bond acceptors (Lipinski definition) is 6. The van der Waals surface area contributed by atoms with Gasteiger partial charge in [-0.3, -0.25) is 14.9 Å². The molecule has 21 heavy (non-hydrogen) atoms. The molecule has 0 aliphatic rings. The number of ether oxygens (including phenoxy) is 1. The molecule has 0 atom stereocenters. The summed E-state index contributed by atoms with van der Waals surface area (Å²) >= 11 is 0. The highest BCUT2D eigenvalue weighted by atomic mass is 19.1. The summed E-state index contributed by atoms with van der Waals surface area (Å²) in [4.78, 5) is 29.6. The van der Waals surface area contributed by atoms with Gasteiger partial charge in [-0.25, -0.2) is 14.4 Å². The minimum absolute atomic E-state index is 0.0840. The Morgan fingerprint density at radius 1 is 1.33 bits per heavy atom. The lowest BCUT2D eigenvalue weighted by atomic mass is 10.1. The van der Waals surface area contributed by atoms with Crippen molar-refractivity contribution < 1.29 is 18.8 Å². The van der Waals surface area contributed by atoms with Crippen LogP contribution in [-0.4, -0.2) is 27.8 Å². The standard InChI is InChI=1S/C13H10FN3O4/c1-21-13-6-10(15-7-16-13)5-12(18)8-2-9(14)4-11(3-8)17(19)20/h2-4,6-7H,5H2,1H3. The van der Waals surface area contributed by atoms with Gasteiger partial charge in [-0.2, -0.15) is 0 Å². The number of halogens is 1. The summed E-state index contributed by atoms with van der Waals surface area (Å²) < 4.78 is 18.2. The molecule has 2 rings (SSSR count). The number of benzene rings is 1. The summed E-state index contributed by atoms with van der Waals surface area (Å²) in [6.45, 7) is 0. The topological polar surface area (TPSA) is 95.2 Å². The molecule has 0 unspecified atom stereocenters. The summed E-state index contributed by atoms with van der Waals surface area (Å²) in [6.07, 6.45) is 1.09. The fraction of sp³-hybridized carbons (Fsp3) is 0.154. The smallest absolute Gasteiger partial charge is 0.273 e. The van der Waals surface area contributed by atoms with Crippen molar-refractivity contribution in [3.8, 4) is 5.88 Å². The molecular formula is C13H10FN3O4. The van der Waals surface area contributed by atoms with Crippen LogP contribution < -0.4 is 4.74 Å². The SMILES string of the molecule is COc1cc(CC(=O)c2cc(F)cc([N+](=O)[O-])c2)ncn1. The lowest BCUT2D eigenvalue weighted by Crippen LogP contribution is -2.07. The zero-order valence-corrected chi connectivity index (χ0v) is 10.9. The molecule has 0 saturated carbocycles. The molecule has 0 aliphatic carbocycles. The van der Waals surface area contributed by atoms with Gasteiger partial charge in [0.05, 0.1) is 30.2 Å². The van der Waals surface area contributed by atoms with Crippen molar-refractivity contribution in [1.82, 2.24) is 9.97 Å². The number of hydrogen-bond donors (Lipinski definition) is 0. The first-order valence-corrected chi connectivity index (χ1v) is 5.82. The molecule has 1 aromatic heterocycles. The van der Waals surface area contributed by atoms with E-state index in [1.165, 1.54) is 19.5 Å². The van der Waals surface area contributed by atoms with Gasteiger partial charge in [0.1, 0.15) is 12.1 Å². The molecule has 0 saturated heterocycles. The van der Waals surface area contributed by atoms with E-state index in [0.717, 1.165) is 18.2 Å². The van der Waals surface area contributed by atoms with Crippen molar-refractivity contribution in [2.45, 2.75) is 6.42 Å². The Bertz CT molecular complexity index is 706. The van der Waals surface area contributed by atoms with Gasteiger partial charge in [0.25, 0.3) is 5.69 Å². The quantitative estimate of drug-likeness (QED) is 0.474. The van der Waals surface area contributed by atoms with E-state index in [1.54, 1.807) is 0 Å². The van der Waals surface area contributed by atoms with Crippen LogP contribution in [0.1, 0.15) is 16.1 Å². The Morgan fingerprint density at radius 3 is 2.76 bits per heavy atom. The number of nitro groups is 1. The second-order valence-electron chi connectivity index (χ2n) is 4.11. The van der Waals surface area contributed by atoms with E-state index in [-0.39, 0.29) is 17.9 Å². The summed E-state index contributed by atoms with van der Waals surface area (Å²) in [5, 5.41) is 10.7. The minimum atomic E-state index is -0.840. The highest BCUT2D eigenvalue weighted by Crippen LogP contribution is 2.18. The van der Waals surface area contributed by atoms with E-state index < -0.39 is 22.2 Å². The highest BCUT2D eigenvalue weighted by Gasteiger charge is 2.15. The highest BCUT2D eigenvalue weighted by molar-refractivity contribution is 5.97. The largest absolute Gasteiger partial charge is 0.481 e. The third kappa shape index (κ3) is 3.56. The Labute approximate surface area is 118 Å². The molecule has 108 valence electrons. The monoisotopic (exact) mass is 291 g/mol. The van der Waals surface area contributed by atoms with E-state index in [4.69, 9.17) is 4.74 Å². The average Bonchev–Trinajstić information content (AvgIpc) is 2.46. The number of carbonyl (C=O) groups excluding carboxylic acids is 1. The van der Waals surface area contributed by atoms with Crippen molar-refractivity contribution in [3.63, 3.8) is 0 Å². The second-order valence-corrected chi connectivity index (χ2v) is 4.11. The molecule has 7 nitrogen and oxygen atoms in total. The fourth-order valence-corrected chi connectivity index (χ4v) is 1.69. The molecule has 2 aromatic rings. The maximum absolute atomic E-state index is 13.3. The Hall–Kier alpha value is -2.90. The van der Waals surface area contributed by atoms with Gasteiger partial charge < -0.3 is 4.74 Å². The van der Waals surface area contributed by atoms with Gasteiger partial charge in [0.2, 0.25) is 5.88 Å². The summed E-state index contributed by atoms with van der Waals surface area (Å²) in [5.41, 5.74) is -0.184. The third-order valence-corrected chi connectivity index (χ3v) is 2.66. The number of Topliss-reactive ketones (excluding diaryl/α,β-unsaturated/α-hetero) is 1. The zero-order valence-electron chi connectivity index (χ0n) is 10.9. The molecule has 8 heteroatoms. The number of nitro benzene ring substituents is 1. The van der Waals surface area contributed by atoms with Crippen molar-refractivity contribution in [3.05, 3.63) is 57.8 Å². The van der Waals surface area contributed by atoms with Crippen molar-refractivity contribution in [1.29, 1.82) is 0 Å².